The molecule has 0 saturated carbocycles. The quantitative estimate of drug-likeness (QED) is 0.417. The van der Waals surface area contributed by atoms with Crippen LogP contribution in [0, 0.1) is 23.2 Å². The first-order valence-electron chi connectivity index (χ1n) is 10.9. The molecule has 0 aliphatic heterocycles. The Bertz CT molecular complexity index is 1090. The van der Waals surface area contributed by atoms with Gasteiger partial charge in [-0.05, 0) is 41.9 Å². The molecule has 1 aliphatic carbocycles. The highest BCUT2D eigenvalue weighted by atomic mass is 35.5. The van der Waals surface area contributed by atoms with Gasteiger partial charge in [0.15, 0.2) is 0 Å². The maximum Gasteiger partial charge on any atom is 0.226 e. The first-order chi connectivity index (χ1) is 15.8. The van der Waals surface area contributed by atoms with E-state index in [9.17, 15) is 10.1 Å². The van der Waals surface area contributed by atoms with Gasteiger partial charge in [0.25, 0.3) is 0 Å². The number of thioether (sulfide) groups is 1. The molecule has 2 unspecified atom stereocenters. The molecule has 4 nitrogen and oxygen atoms in total. The van der Waals surface area contributed by atoms with Crippen molar-refractivity contribution in [1.82, 2.24) is 10.3 Å². The Morgan fingerprint density at radius 1 is 1.24 bits per heavy atom. The highest BCUT2D eigenvalue weighted by molar-refractivity contribution is 7.99. The number of allylic oxidation sites excluding steroid dienone is 2. The number of benzene rings is 1. The van der Waals surface area contributed by atoms with E-state index in [-0.39, 0.29) is 18.2 Å². The van der Waals surface area contributed by atoms with E-state index in [1.807, 2.05) is 56.3 Å². The van der Waals surface area contributed by atoms with E-state index in [0.29, 0.717) is 27.8 Å². The molecular weight excluding hydrogens is 473 g/mol. The second-order valence-electron chi connectivity index (χ2n) is 8.42. The number of nitrogens with zero attached hydrogens (tertiary/aromatic N) is 2. The summed E-state index contributed by atoms with van der Waals surface area (Å²) in [5.74, 6) is 0.154. The van der Waals surface area contributed by atoms with Crippen molar-refractivity contribution in [2.24, 2.45) is 11.8 Å². The van der Waals surface area contributed by atoms with Crippen LogP contribution < -0.4 is 5.32 Å². The Hall–Kier alpha value is -2.26. The zero-order chi connectivity index (χ0) is 24.0. The standard InChI is InChI=1S/C26H27Cl2N3OS/c1-4-33-20-11-10-19(30-16-20)12-23(32)31-26(13-17(2)3)14-22(27)24(25(28)21(26)15-29)18-8-6-5-7-9-18/h5-11,14,16-17,21H,4,12-13H2,1-3H3,(H,31,32). The fourth-order valence-electron chi connectivity index (χ4n) is 4.17. The Balaban J connectivity index is 1.92. The number of nitriles is 1. The van der Waals surface area contributed by atoms with E-state index in [2.05, 4.69) is 23.3 Å². The molecule has 2 aromatic rings. The van der Waals surface area contributed by atoms with Crippen molar-refractivity contribution in [1.29, 1.82) is 5.26 Å². The van der Waals surface area contributed by atoms with Crippen LogP contribution in [0.5, 0.6) is 0 Å². The molecule has 33 heavy (non-hydrogen) atoms. The predicted octanol–water partition coefficient (Wildman–Crippen LogP) is 6.56. The second kappa shape index (κ2) is 11.2. The molecule has 2 atom stereocenters. The third-order valence-electron chi connectivity index (χ3n) is 5.39. The molecule has 1 amide bonds. The van der Waals surface area contributed by atoms with Crippen molar-refractivity contribution in [3.63, 3.8) is 0 Å². The second-order valence-corrected chi connectivity index (χ2v) is 10.6. The van der Waals surface area contributed by atoms with Crippen LogP contribution >= 0.6 is 35.0 Å². The first-order valence-corrected chi connectivity index (χ1v) is 12.7. The van der Waals surface area contributed by atoms with Gasteiger partial charge in [0, 0.05) is 32.4 Å². The number of hydrogen-bond acceptors (Lipinski definition) is 4. The molecule has 0 radical (unpaired) electrons. The molecule has 1 N–H and O–H groups in total. The monoisotopic (exact) mass is 499 g/mol. The summed E-state index contributed by atoms with van der Waals surface area (Å²) >= 11 is 15.2. The van der Waals surface area contributed by atoms with Crippen LogP contribution in [0.1, 0.15) is 38.4 Å². The Labute approximate surface area is 210 Å². The van der Waals surface area contributed by atoms with Crippen LogP contribution in [-0.4, -0.2) is 22.2 Å². The van der Waals surface area contributed by atoms with Crippen molar-refractivity contribution < 1.29 is 4.79 Å². The van der Waals surface area contributed by atoms with E-state index in [0.717, 1.165) is 16.2 Å². The van der Waals surface area contributed by atoms with Crippen LogP contribution in [0.15, 0.2) is 69.7 Å². The average molecular weight is 500 g/mol. The normalized spacial score (nSPS) is 20.4. The van der Waals surface area contributed by atoms with Crippen molar-refractivity contribution >= 4 is 46.4 Å². The van der Waals surface area contributed by atoms with Gasteiger partial charge < -0.3 is 5.32 Å². The highest BCUT2D eigenvalue weighted by Gasteiger charge is 2.45. The number of carbonyl (C=O) groups excluding carboxylic acids is 1. The van der Waals surface area contributed by atoms with Gasteiger partial charge in [-0.2, -0.15) is 5.26 Å². The van der Waals surface area contributed by atoms with Crippen LogP contribution in [-0.2, 0) is 11.2 Å². The number of carbonyl (C=O) groups is 1. The molecule has 1 aliphatic rings. The average Bonchev–Trinajstić information content (AvgIpc) is 2.75. The van der Waals surface area contributed by atoms with Gasteiger partial charge in [-0.3, -0.25) is 9.78 Å². The largest absolute Gasteiger partial charge is 0.345 e. The van der Waals surface area contributed by atoms with Crippen LogP contribution in [0.2, 0.25) is 0 Å². The number of pyridine rings is 1. The lowest BCUT2D eigenvalue weighted by Crippen LogP contribution is -2.54. The molecule has 7 heteroatoms. The van der Waals surface area contributed by atoms with Gasteiger partial charge in [-0.1, -0.05) is 74.3 Å². The third-order valence-corrected chi connectivity index (χ3v) is 6.96. The number of aromatic nitrogens is 1. The Kier molecular flexibility index (Phi) is 8.64. The van der Waals surface area contributed by atoms with Crippen molar-refractivity contribution in [2.75, 3.05) is 5.75 Å². The molecule has 0 bridgehead atoms. The van der Waals surface area contributed by atoms with Crippen LogP contribution in [0.3, 0.4) is 0 Å². The van der Waals surface area contributed by atoms with Gasteiger partial charge in [-0.15, -0.1) is 11.8 Å². The molecule has 0 saturated heterocycles. The SMILES string of the molecule is CCSc1ccc(CC(=O)NC2(CC(C)C)C=C(Cl)C(c3ccccc3)=C(Cl)C2C#N)nc1. The maximum absolute atomic E-state index is 13.1. The summed E-state index contributed by atoms with van der Waals surface area (Å²) in [7, 11) is 0. The summed E-state index contributed by atoms with van der Waals surface area (Å²) in [6, 6.07) is 15.7. The molecule has 0 fully saturated rings. The Morgan fingerprint density at radius 2 is 1.97 bits per heavy atom. The minimum absolute atomic E-state index is 0.105. The number of amides is 1. The lowest BCUT2D eigenvalue weighted by Gasteiger charge is -2.40. The first kappa shape index (κ1) is 25.4. The van der Waals surface area contributed by atoms with E-state index in [4.69, 9.17) is 23.2 Å². The van der Waals surface area contributed by atoms with Crippen LogP contribution in [0.25, 0.3) is 5.57 Å². The molecule has 1 aromatic carbocycles. The minimum atomic E-state index is -1.01. The lowest BCUT2D eigenvalue weighted by molar-refractivity contribution is -0.122. The fraction of sp³-hybridized carbons (Fsp3) is 0.346. The number of rotatable bonds is 8. The summed E-state index contributed by atoms with van der Waals surface area (Å²) in [5.41, 5.74) is 1.12. The van der Waals surface area contributed by atoms with E-state index < -0.39 is 11.5 Å². The van der Waals surface area contributed by atoms with Crippen molar-refractivity contribution in [3.05, 3.63) is 76.1 Å². The minimum Gasteiger partial charge on any atom is -0.345 e. The number of hydrogen-bond donors (Lipinski definition) is 1. The zero-order valence-corrected chi connectivity index (χ0v) is 21.3. The van der Waals surface area contributed by atoms with Gasteiger partial charge in [0.05, 0.1) is 18.0 Å². The van der Waals surface area contributed by atoms with Crippen molar-refractivity contribution in [3.8, 4) is 6.07 Å². The maximum atomic E-state index is 13.1. The van der Waals surface area contributed by atoms with Gasteiger partial charge in [0.2, 0.25) is 5.91 Å². The highest BCUT2D eigenvalue weighted by Crippen LogP contribution is 2.46. The van der Waals surface area contributed by atoms with Crippen LogP contribution in [0.4, 0.5) is 0 Å². The molecule has 0 spiro atoms. The summed E-state index contributed by atoms with van der Waals surface area (Å²) < 4.78 is 0. The summed E-state index contributed by atoms with van der Waals surface area (Å²) in [6.45, 7) is 6.16. The van der Waals surface area contributed by atoms with Gasteiger partial charge >= 0.3 is 0 Å². The summed E-state index contributed by atoms with van der Waals surface area (Å²) in [6.07, 6.45) is 4.20. The van der Waals surface area contributed by atoms with Gasteiger partial charge in [-0.25, -0.2) is 0 Å². The third kappa shape index (κ3) is 6.00. The molecule has 1 aromatic heterocycles. The molecule has 1 heterocycles. The fourth-order valence-corrected chi connectivity index (χ4v) is 5.70. The van der Waals surface area contributed by atoms with E-state index in [1.54, 1.807) is 24.0 Å². The molecule has 172 valence electrons. The molecule has 3 rings (SSSR count). The topological polar surface area (TPSA) is 65.8 Å². The number of halogens is 2. The summed E-state index contributed by atoms with van der Waals surface area (Å²) in [5, 5.41) is 14.0. The lowest BCUT2D eigenvalue weighted by atomic mass is 9.73. The Morgan fingerprint density at radius 3 is 2.55 bits per heavy atom. The van der Waals surface area contributed by atoms with Gasteiger partial charge in [0.1, 0.15) is 5.92 Å². The van der Waals surface area contributed by atoms with E-state index in [1.165, 1.54) is 0 Å². The molecular formula is C26H27Cl2N3OS. The zero-order valence-electron chi connectivity index (χ0n) is 18.9. The smallest absolute Gasteiger partial charge is 0.226 e. The summed E-state index contributed by atoms with van der Waals surface area (Å²) in [4.78, 5) is 18.6. The number of nitrogens with one attached hydrogen (secondary N) is 1. The van der Waals surface area contributed by atoms with Crippen molar-refractivity contribution in [2.45, 2.75) is 44.0 Å². The van der Waals surface area contributed by atoms with E-state index >= 15 is 0 Å². The predicted molar refractivity (Wildman–Crippen MR) is 137 cm³/mol.